The van der Waals surface area contributed by atoms with Gasteiger partial charge in [0.2, 0.25) is 5.90 Å². The highest BCUT2D eigenvalue weighted by atomic mass is 35.5. The summed E-state index contributed by atoms with van der Waals surface area (Å²) in [4.78, 5) is 4.22. The molecule has 1 unspecified atom stereocenters. The van der Waals surface area contributed by atoms with Crippen molar-refractivity contribution >= 4 is 17.5 Å². The Balaban J connectivity index is 1.91. The molecule has 0 aliphatic carbocycles. The van der Waals surface area contributed by atoms with Crippen LogP contribution in [-0.2, 0) is 10.9 Å². The predicted molar refractivity (Wildman–Crippen MR) is 84.5 cm³/mol. The highest BCUT2D eigenvalue weighted by Crippen LogP contribution is 2.33. The molecule has 1 aliphatic heterocycles. The van der Waals surface area contributed by atoms with Crippen LogP contribution in [0.5, 0.6) is 5.75 Å². The molecule has 24 heavy (non-hydrogen) atoms. The summed E-state index contributed by atoms with van der Waals surface area (Å²) in [5.74, 6) is 0.428. The van der Waals surface area contributed by atoms with E-state index in [2.05, 4.69) is 4.99 Å². The Hall–Kier alpha value is -2.21. The maximum atomic E-state index is 12.9. The summed E-state index contributed by atoms with van der Waals surface area (Å²) in [5, 5.41) is 0.547. The van der Waals surface area contributed by atoms with Crippen LogP contribution in [0.15, 0.2) is 53.5 Å². The molecule has 2 aromatic rings. The standard InChI is InChI=1S/C17H13ClF3NO2/c18-13-6-4-11(5-7-13)15(16-22-8-9-23-16)24-14-3-1-2-12(10-14)17(19,20)21/h1-7,10,15H,8-9H2. The molecule has 0 fully saturated rings. The zero-order valence-electron chi connectivity index (χ0n) is 12.4. The maximum Gasteiger partial charge on any atom is 0.416 e. The third-order valence-corrected chi connectivity index (χ3v) is 3.67. The molecular formula is C17H13ClF3NO2. The molecule has 126 valence electrons. The largest absolute Gasteiger partial charge is 0.476 e. The number of halogens is 4. The van der Waals surface area contributed by atoms with Gasteiger partial charge < -0.3 is 9.47 Å². The third-order valence-electron chi connectivity index (χ3n) is 3.42. The Morgan fingerprint density at radius 3 is 2.50 bits per heavy atom. The Morgan fingerprint density at radius 1 is 1.12 bits per heavy atom. The number of rotatable bonds is 4. The van der Waals surface area contributed by atoms with E-state index >= 15 is 0 Å². The quantitative estimate of drug-likeness (QED) is 0.780. The van der Waals surface area contributed by atoms with Crippen molar-refractivity contribution in [3.05, 3.63) is 64.7 Å². The van der Waals surface area contributed by atoms with E-state index in [1.54, 1.807) is 24.3 Å². The summed E-state index contributed by atoms with van der Waals surface area (Å²) >= 11 is 5.88. The predicted octanol–water partition coefficient (Wildman–Crippen LogP) is 4.91. The van der Waals surface area contributed by atoms with Crippen molar-refractivity contribution in [1.82, 2.24) is 0 Å². The van der Waals surface area contributed by atoms with Gasteiger partial charge >= 0.3 is 6.18 Å². The third kappa shape index (κ3) is 3.82. The Labute approximate surface area is 141 Å². The normalized spacial score (nSPS) is 15.6. The molecule has 0 aromatic heterocycles. The van der Waals surface area contributed by atoms with Crippen molar-refractivity contribution in [2.45, 2.75) is 12.3 Å². The lowest BCUT2D eigenvalue weighted by Gasteiger charge is -2.20. The highest BCUT2D eigenvalue weighted by molar-refractivity contribution is 6.30. The molecule has 0 saturated heterocycles. The second kappa shape index (κ2) is 6.73. The van der Waals surface area contributed by atoms with Gasteiger partial charge in [0.15, 0.2) is 6.10 Å². The average Bonchev–Trinajstić information content (AvgIpc) is 3.07. The lowest BCUT2D eigenvalue weighted by atomic mass is 10.1. The number of nitrogens with zero attached hydrogens (tertiary/aromatic N) is 1. The Kier molecular flexibility index (Phi) is 4.66. The lowest BCUT2D eigenvalue weighted by Crippen LogP contribution is -2.19. The topological polar surface area (TPSA) is 30.8 Å². The van der Waals surface area contributed by atoms with Crippen LogP contribution < -0.4 is 4.74 Å². The van der Waals surface area contributed by atoms with Gasteiger partial charge in [-0.3, -0.25) is 0 Å². The number of benzene rings is 2. The molecule has 0 spiro atoms. The van der Waals surface area contributed by atoms with Gasteiger partial charge in [-0.2, -0.15) is 13.2 Å². The SMILES string of the molecule is FC(F)(F)c1cccc(OC(C2=NCCO2)c2ccc(Cl)cc2)c1. The van der Waals surface area contributed by atoms with Crippen LogP contribution in [0.1, 0.15) is 17.2 Å². The fourth-order valence-electron chi connectivity index (χ4n) is 2.29. The van der Waals surface area contributed by atoms with Gasteiger partial charge in [0.05, 0.1) is 12.1 Å². The molecule has 1 heterocycles. The van der Waals surface area contributed by atoms with Gasteiger partial charge in [-0.25, -0.2) is 4.99 Å². The van der Waals surface area contributed by atoms with E-state index in [0.717, 1.165) is 12.1 Å². The van der Waals surface area contributed by atoms with Gasteiger partial charge in [-0.05, 0) is 30.3 Å². The van der Waals surface area contributed by atoms with E-state index in [0.29, 0.717) is 29.6 Å². The number of aliphatic imine (C=N–C) groups is 1. The molecule has 2 aromatic carbocycles. The summed E-state index contributed by atoms with van der Waals surface area (Å²) in [5.41, 5.74) is -0.0819. The summed E-state index contributed by atoms with van der Waals surface area (Å²) < 4.78 is 49.8. The van der Waals surface area contributed by atoms with Crippen LogP contribution in [0.2, 0.25) is 5.02 Å². The first-order valence-electron chi connectivity index (χ1n) is 7.20. The molecule has 7 heteroatoms. The minimum absolute atomic E-state index is 0.0861. The first-order chi connectivity index (χ1) is 11.4. The van der Waals surface area contributed by atoms with Crippen LogP contribution >= 0.6 is 11.6 Å². The van der Waals surface area contributed by atoms with Crippen molar-refractivity contribution in [1.29, 1.82) is 0 Å². The highest BCUT2D eigenvalue weighted by Gasteiger charge is 2.31. The average molecular weight is 356 g/mol. The fraction of sp³-hybridized carbons (Fsp3) is 0.235. The Bertz CT molecular complexity index is 744. The number of hydrogen-bond donors (Lipinski definition) is 0. The fourth-order valence-corrected chi connectivity index (χ4v) is 2.42. The van der Waals surface area contributed by atoms with Crippen molar-refractivity contribution in [2.75, 3.05) is 13.2 Å². The van der Waals surface area contributed by atoms with Gasteiger partial charge in [0.1, 0.15) is 12.4 Å². The minimum Gasteiger partial charge on any atom is -0.476 e. The smallest absolute Gasteiger partial charge is 0.416 e. The molecular weight excluding hydrogens is 343 g/mol. The van der Waals surface area contributed by atoms with Crippen molar-refractivity contribution in [2.24, 2.45) is 4.99 Å². The summed E-state index contributed by atoms with van der Waals surface area (Å²) in [6.45, 7) is 0.913. The van der Waals surface area contributed by atoms with E-state index in [-0.39, 0.29) is 5.75 Å². The summed E-state index contributed by atoms with van der Waals surface area (Å²) in [6, 6.07) is 11.5. The van der Waals surface area contributed by atoms with Crippen LogP contribution in [0.25, 0.3) is 0 Å². The maximum absolute atomic E-state index is 12.9. The molecule has 0 bridgehead atoms. The Morgan fingerprint density at radius 2 is 1.88 bits per heavy atom. The monoisotopic (exact) mass is 355 g/mol. The molecule has 0 N–H and O–H groups in total. The lowest BCUT2D eigenvalue weighted by molar-refractivity contribution is -0.137. The van der Waals surface area contributed by atoms with E-state index in [9.17, 15) is 13.2 Å². The second-order valence-electron chi connectivity index (χ2n) is 5.14. The van der Waals surface area contributed by atoms with Crippen molar-refractivity contribution < 1.29 is 22.6 Å². The van der Waals surface area contributed by atoms with Crippen LogP contribution in [0, 0.1) is 0 Å². The van der Waals surface area contributed by atoms with E-state index in [1.807, 2.05) is 0 Å². The molecule has 3 nitrogen and oxygen atoms in total. The van der Waals surface area contributed by atoms with Crippen molar-refractivity contribution in [3.8, 4) is 5.75 Å². The van der Waals surface area contributed by atoms with E-state index < -0.39 is 17.8 Å². The molecule has 0 radical (unpaired) electrons. The second-order valence-corrected chi connectivity index (χ2v) is 5.58. The van der Waals surface area contributed by atoms with Crippen LogP contribution in [-0.4, -0.2) is 19.0 Å². The summed E-state index contributed by atoms with van der Waals surface area (Å²) in [7, 11) is 0. The van der Waals surface area contributed by atoms with Crippen molar-refractivity contribution in [3.63, 3.8) is 0 Å². The molecule has 0 saturated carbocycles. The molecule has 0 amide bonds. The van der Waals surface area contributed by atoms with E-state index in [1.165, 1.54) is 12.1 Å². The zero-order chi connectivity index (χ0) is 17.2. The number of alkyl halides is 3. The molecule has 1 aliphatic rings. The van der Waals surface area contributed by atoms with Crippen LogP contribution in [0.3, 0.4) is 0 Å². The molecule has 1 atom stereocenters. The van der Waals surface area contributed by atoms with Crippen LogP contribution in [0.4, 0.5) is 13.2 Å². The van der Waals surface area contributed by atoms with Gasteiger partial charge in [0.25, 0.3) is 0 Å². The zero-order valence-corrected chi connectivity index (χ0v) is 13.1. The van der Waals surface area contributed by atoms with Gasteiger partial charge in [-0.1, -0.05) is 29.8 Å². The number of hydrogen-bond acceptors (Lipinski definition) is 3. The van der Waals surface area contributed by atoms with Gasteiger partial charge in [0, 0.05) is 10.6 Å². The van der Waals surface area contributed by atoms with Gasteiger partial charge in [-0.15, -0.1) is 0 Å². The first-order valence-corrected chi connectivity index (χ1v) is 7.58. The summed E-state index contributed by atoms with van der Waals surface area (Å²) in [6.07, 6.45) is -5.16. The minimum atomic E-state index is -4.43. The van der Waals surface area contributed by atoms with E-state index in [4.69, 9.17) is 21.1 Å². The number of ether oxygens (including phenoxy) is 2. The molecule has 3 rings (SSSR count). The first kappa shape index (κ1) is 16.6.